The quantitative estimate of drug-likeness (QED) is 0.801. The fraction of sp³-hybridized carbons (Fsp3) is 0.375. The van der Waals surface area contributed by atoms with E-state index in [1.807, 2.05) is 31.2 Å². The van der Waals surface area contributed by atoms with Gasteiger partial charge in [-0.2, -0.15) is 0 Å². The third-order valence-corrected chi connectivity index (χ3v) is 3.33. The average molecular weight is 331 g/mol. The van der Waals surface area contributed by atoms with Crippen LogP contribution >= 0.6 is 0 Å². The van der Waals surface area contributed by atoms with Crippen molar-refractivity contribution in [3.05, 3.63) is 41.6 Å². The van der Waals surface area contributed by atoms with E-state index in [0.29, 0.717) is 6.54 Å². The first-order valence-electron chi connectivity index (χ1n) is 7.73. The van der Waals surface area contributed by atoms with Crippen LogP contribution in [0.2, 0.25) is 0 Å². The number of benzene rings is 1. The lowest BCUT2D eigenvalue weighted by atomic mass is 10.1. The predicted molar refractivity (Wildman–Crippen MR) is 88.6 cm³/mol. The maximum Gasteiger partial charge on any atom is 0.412 e. The Morgan fingerprint density at radius 1 is 1.29 bits per heavy atom. The Labute approximate surface area is 140 Å². The Bertz CT molecular complexity index is 699. The predicted octanol–water partition coefficient (Wildman–Crippen LogP) is 1.51. The van der Waals surface area contributed by atoms with Crippen molar-refractivity contribution < 1.29 is 14.3 Å². The van der Waals surface area contributed by atoms with Crippen LogP contribution in [0.25, 0.3) is 0 Å². The third-order valence-electron chi connectivity index (χ3n) is 3.33. The molecule has 0 atom stereocenters. The lowest BCUT2D eigenvalue weighted by molar-refractivity contribution is -0.121. The van der Waals surface area contributed by atoms with E-state index in [2.05, 4.69) is 20.9 Å². The van der Waals surface area contributed by atoms with Crippen LogP contribution in [-0.4, -0.2) is 40.1 Å². The molecule has 8 heteroatoms. The van der Waals surface area contributed by atoms with Gasteiger partial charge >= 0.3 is 6.09 Å². The normalized spacial score (nSPS) is 10.2. The molecule has 0 radical (unpaired) electrons. The molecule has 24 heavy (non-hydrogen) atoms. The second kappa shape index (κ2) is 8.66. The minimum absolute atomic E-state index is 0.0330. The Hall–Kier alpha value is -2.90. The Balaban J connectivity index is 1.75. The highest BCUT2D eigenvalue weighted by molar-refractivity contribution is 5.83. The van der Waals surface area contributed by atoms with Crippen molar-refractivity contribution in [1.82, 2.24) is 20.3 Å². The average Bonchev–Trinajstić information content (AvgIpc) is 2.96. The van der Waals surface area contributed by atoms with Crippen LogP contribution in [0, 0.1) is 6.92 Å². The lowest BCUT2D eigenvalue weighted by Gasteiger charge is -2.07. The molecule has 2 rings (SSSR count). The van der Waals surface area contributed by atoms with Crippen molar-refractivity contribution >= 4 is 17.8 Å². The topological polar surface area (TPSA) is 98.1 Å². The van der Waals surface area contributed by atoms with E-state index >= 15 is 0 Å². The molecule has 0 saturated heterocycles. The number of amides is 2. The highest BCUT2D eigenvalue weighted by atomic mass is 16.5. The summed E-state index contributed by atoms with van der Waals surface area (Å²) in [4.78, 5) is 23.2. The highest BCUT2D eigenvalue weighted by Crippen LogP contribution is 2.06. The van der Waals surface area contributed by atoms with Gasteiger partial charge in [-0.3, -0.25) is 10.1 Å². The molecule has 1 heterocycles. The SMILES string of the molecule is CCOC(=O)Nc1cn(CC(=O)NCCc2ccccc2C)nn1. The first-order valence-corrected chi connectivity index (χ1v) is 7.73. The number of hydrogen-bond acceptors (Lipinski definition) is 5. The first kappa shape index (κ1) is 17.5. The highest BCUT2D eigenvalue weighted by Gasteiger charge is 2.09. The summed E-state index contributed by atoms with van der Waals surface area (Å²) in [6.45, 7) is 4.60. The third kappa shape index (κ3) is 5.38. The van der Waals surface area contributed by atoms with Gasteiger partial charge in [0.1, 0.15) is 6.54 Å². The zero-order valence-electron chi connectivity index (χ0n) is 13.8. The number of anilines is 1. The van der Waals surface area contributed by atoms with Crippen molar-refractivity contribution in [2.75, 3.05) is 18.5 Å². The molecule has 0 aliphatic carbocycles. The van der Waals surface area contributed by atoms with Crippen LogP contribution in [0.1, 0.15) is 18.1 Å². The maximum absolute atomic E-state index is 11.9. The fourth-order valence-corrected chi connectivity index (χ4v) is 2.13. The molecule has 1 aromatic carbocycles. The van der Waals surface area contributed by atoms with E-state index < -0.39 is 6.09 Å². The largest absolute Gasteiger partial charge is 0.450 e. The molecule has 0 aliphatic rings. The van der Waals surface area contributed by atoms with E-state index in [-0.39, 0.29) is 24.9 Å². The number of hydrogen-bond donors (Lipinski definition) is 2. The monoisotopic (exact) mass is 331 g/mol. The molecular weight excluding hydrogens is 310 g/mol. The van der Waals surface area contributed by atoms with Gasteiger partial charge in [0.15, 0.2) is 5.82 Å². The molecule has 8 nitrogen and oxygen atoms in total. The van der Waals surface area contributed by atoms with E-state index in [9.17, 15) is 9.59 Å². The van der Waals surface area contributed by atoms with Gasteiger partial charge in [0.05, 0.1) is 12.8 Å². The summed E-state index contributed by atoms with van der Waals surface area (Å²) in [6.07, 6.45) is 1.63. The summed E-state index contributed by atoms with van der Waals surface area (Å²) in [5.74, 6) is 0.0670. The van der Waals surface area contributed by atoms with E-state index in [1.54, 1.807) is 6.92 Å². The zero-order valence-corrected chi connectivity index (χ0v) is 13.8. The summed E-state index contributed by atoms with van der Waals surface area (Å²) < 4.78 is 6.09. The zero-order chi connectivity index (χ0) is 17.4. The number of nitrogens with zero attached hydrogens (tertiary/aromatic N) is 3. The first-order chi connectivity index (χ1) is 11.6. The van der Waals surface area contributed by atoms with Crippen LogP contribution in [0.4, 0.5) is 10.6 Å². The minimum atomic E-state index is -0.604. The lowest BCUT2D eigenvalue weighted by Crippen LogP contribution is -2.29. The molecule has 0 fully saturated rings. The Kier molecular flexibility index (Phi) is 6.30. The van der Waals surface area contributed by atoms with Crippen molar-refractivity contribution in [1.29, 1.82) is 0 Å². The molecule has 0 aliphatic heterocycles. The summed E-state index contributed by atoms with van der Waals surface area (Å²) >= 11 is 0. The number of nitrogens with one attached hydrogen (secondary N) is 2. The van der Waals surface area contributed by atoms with Gasteiger partial charge < -0.3 is 10.1 Å². The van der Waals surface area contributed by atoms with Crippen LogP contribution < -0.4 is 10.6 Å². The van der Waals surface area contributed by atoms with Gasteiger partial charge in [0, 0.05) is 6.54 Å². The van der Waals surface area contributed by atoms with E-state index in [1.165, 1.54) is 22.0 Å². The second-order valence-electron chi connectivity index (χ2n) is 5.17. The molecule has 2 aromatic rings. The van der Waals surface area contributed by atoms with Crippen molar-refractivity contribution in [2.45, 2.75) is 26.8 Å². The maximum atomic E-state index is 11.9. The molecule has 0 saturated carbocycles. The fourth-order valence-electron chi connectivity index (χ4n) is 2.13. The van der Waals surface area contributed by atoms with Gasteiger partial charge in [-0.05, 0) is 31.4 Å². The molecule has 0 unspecified atom stereocenters. The van der Waals surface area contributed by atoms with Gasteiger partial charge in [-0.1, -0.05) is 29.5 Å². The van der Waals surface area contributed by atoms with Crippen molar-refractivity contribution in [3.63, 3.8) is 0 Å². The number of aromatic nitrogens is 3. The van der Waals surface area contributed by atoms with Gasteiger partial charge in [0.25, 0.3) is 0 Å². The number of aryl methyl sites for hydroxylation is 1. The number of carbonyl (C=O) groups is 2. The second-order valence-corrected chi connectivity index (χ2v) is 5.17. The molecule has 1 aromatic heterocycles. The van der Waals surface area contributed by atoms with Crippen LogP contribution in [0.3, 0.4) is 0 Å². The van der Waals surface area contributed by atoms with Crippen LogP contribution in [0.5, 0.6) is 0 Å². The van der Waals surface area contributed by atoms with Gasteiger partial charge in [-0.15, -0.1) is 5.10 Å². The molecule has 0 spiro atoms. The summed E-state index contributed by atoms with van der Waals surface area (Å²) in [6, 6.07) is 8.07. The number of rotatable bonds is 7. The van der Waals surface area contributed by atoms with E-state index in [4.69, 9.17) is 4.74 Å². The molecule has 2 N–H and O–H groups in total. The van der Waals surface area contributed by atoms with Crippen LogP contribution in [0.15, 0.2) is 30.5 Å². The molecule has 128 valence electrons. The Morgan fingerprint density at radius 2 is 2.08 bits per heavy atom. The summed E-state index contributed by atoms with van der Waals surface area (Å²) in [5, 5.41) is 12.8. The number of ether oxygens (including phenoxy) is 1. The van der Waals surface area contributed by atoms with Gasteiger partial charge in [0.2, 0.25) is 5.91 Å². The molecule has 0 bridgehead atoms. The smallest absolute Gasteiger partial charge is 0.412 e. The van der Waals surface area contributed by atoms with E-state index in [0.717, 1.165) is 6.42 Å². The summed E-state index contributed by atoms with van der Waals surface area (Å²) in [7, 11) is 0. The Morgan fingerprint density at radius 3 is 2.83 bits per heavy atom. The summed E-state index contributed by atoms with van der Waals surface area (Å²) in [5.41, 5.74) is 2.41. The van der Waals surface area contributed by atoms with Crippen molar-refractivity contribution in [3.8, 4) is 0 Å². The van der Waals surface area contributed by atoms with Gasteiger partial charge in [-0.25, -0.2) is 9.48 Å². The molecule has 2 amide bonds. The standard InChI is InChI=1S/C16H21N5O3/c1-3-24-16(23)18-14-10-21(20-19-14)11-15(22)17-9-8-13-7-5-4-6-12(13)2/h4-7,10H,3,8-9,11H2,1-2H3,(H,17,22)(H,18,23). The van der Waals surface area contributed by atoms with Crippen LogP contribution in [-0.2, 0) is 22.5 Å². The van der Waals surface area contributed by atoms with Crippen molar-refractivity contribution in [2.24, 2.45) is 0 Å². The molecular formula is C16H21N5O3. The minimum Gasteiger partial charge on any atom is -0.450 e. The number of carbonyl (C=O) groups excluding carboxylic acids is 2.